The van der Waals surface area contributed by atoms with Gasteiger partial charge in [0.05, 0.1) is 0 Å². The second kappa shape index (κ2) is 7.10. The maximum absolute atomic E-state index is 11.2. The van der Waals surface area contributed by atoms with Crippen molar-refractivity contribution < 1.29 is 19.1 Å². The summed E-state index contributed by atoms with van der Waals surface area (Å²) in [7, 11) is 1.47. The number of rotatable bonds is 5. The predicted octanol–water partition coefficient (Wildman–Crippen LogP) is 0.959. The van der Waals surface area contributed by atoms with Crippen LogP contribution in [0, 0.1) is 3.57 Å². The number of esters is 1. The Kier molecular flexibility index (Phi) is 5.75. The van der Waals surface area contributed by atoms with Gasteiger partial charge in [-0.05, 0) is 46.9 Å². The molecule has 0 aliphatic carbocycles. The molecule has 0 aromatic heterocycles. The largest absolute Gasteiger partial charge is 0.482 e. The molecule has 1 rings (SSSR count). The molecule has 17 heavy (non-hydrogen) atoms. The smallest absolute Gasteiger partial charge is 0.344 e. The summed E-state index contributed by atoms with van der Waals surface area (Å²) in [6, 6.07) is 7.25. The molecule has 0 bridgehead atoms. The number of carbonyl (C=O) groups is 2. The van der Waals surface area contributed by atoms with E-state index in [4.69, 9.17) is 4.74 Å². The van der Waals surface area contributed by atoms with Crippen molar-refractivity contribution in [2.75, 3.05) is 20.3 Å². The third kappa shape index (κ3) is 5.53. The minimum Gasteiger partial charge on any atom is -0.482 e. The normalized spacial score (nSPS) is 9.53. The molecule has 0 aliphatic rings. The van der Waals surface area contributed by atoms with E-state index in [-0.39, 0.29) is 19.1 Å². The van der Waals surface area contributed by atoms with Gasteiger partial charge in [0.1, 0.15) is 5.75 Å². The molecule has 0 atom stereocenters. The maximum Gasteiger partial charge on any atom is 0.344 e. The Bertz CT molecular complexity index is 391. The van der Waals surface area contributed by atoms with E-state index in [9.17, 15) is 9.59 Å². The highest BCUT2D eigenvalue weighted by atomic mass is 127. The highest BCUT2D eigenvalue weighted by Crippen LogP contribution is 2.13. The number of amides is 1. The lowest BCUT2D eigenvalue weighted by Gasteiger charge is -2.06. The number of ether oxygens (including phenoxy) is 2. The topological polar surface area (TPSA) is 64.6 Å². The van der Waals surface area contributed by atoms with Crippen LogP contribution in [0.15, 0.2) is 24.3 Å². The summed E-state index contributed by atoms with van der Waals surface area (Å²) in [5.41, 5.74) is 0. The first-order valence-corrected chi connectivity index (χ1v) is 5.94. The summed E-state index contributed by atoms with van der Waals surface area (Å²) in [5.74, 6) is -0.345. The lowest BCUT2D eigenvalue weighted by molar-refractivity contribution is -0.150. The van der Waals surface area contributed by atoms with Crippen molar-refractivity contribution in [3.8, 4) is 5.75 Å². The summed E-state index contributed by atoms with van der Waals surface area (Å²) in [4.78, 5) is 22.0. The second-order valence-electron chi connectivity index (χ2n) is 3.08. The molecule has 0 saturated carbocycles. The lowest BCUT2D eigenvalue weighted by Crippen LogP contribution is -2.26. The third-order valence-electron chi connectivity index (χ3n) is 1.81. The van der Waals surface area contributed by atoms with Crippen LogP contribution in [0.25, 0.3) is 0 Å². The average molecular weight is 349 g/mol. The van der Waals surface area contributed by atoms with Crippen molar-refractivity contribution in [3.05, 3.63) is 27.8 Å². The van der Waals surface area contributed by atoms with E-state index in [2.05, 4.69) is 32.6 Å². The van der Waals surface area contributed by atoms with E-state index >= 15 is 0 Å². The molecule has 92 valence electrons. The van der Waals surface area contributed by atoms with Gasteiger partial charge in [-0.3, -0.25) is 4.79 Å². The van der Waals surface area contributed by atoms with Crippen LogP contribution >= 0.6 is 22.6 Å². The quantitative estimate of drug-likeness (QED) is 0.635. The molecular weight excluding hydrogens is 337 g/mol. The molecular formula is C11H12INO4. The van der Waals surface area contributed by atoms with Gasteiger partial charge in [-0.25, -0.2) is 4.79 Å². The van der Waals surface area contributed by atoms with Gasteiger partial charge in [0.15, 0.2) is 13.2 Å². The van der Waals surface area contributed by atoms with E-state index in [0.717, 1.165) is 3.57 Å². The lowest BCUT2D eigenvalue weighted by atomic mass is 10.3. The van der Waals surface area contributed by atoms with Crippen LogP contribution in [0.5, 0.6) is 5.75 Å². The van der Waals surface area contributed by atoms with E-state index in [1.54, 1.807) is 12.1 Å². The first-order chi connectivity index (χ1) is 8.11. The van der Waals surface area contributed by atoms with Gasteiger partial charge < -0.3 is 14.8 Å². The molecule has 5 nitrogen and oxygen atoms in total. The molecule has 0 fully saturated rings. The van der Waals surface area contributed by atoms with Gasteiger partial charge in [-0.2, -0.15) is 0 Å². The predicted molar refractivity (Wildman–Crippen MR) is 69.7 cm³/mol. The van der Waals surface area contributed by atoms with Crippen molar-refractivity contribution >= 4 is 34.5 Å². The zero-order valence-corrected chi connectivity index (χ0v) is 11.4. The van der Waals surface area contributed by atoms with E-state index < -0.39 is 5.97 Å². The molecule has 1 aromatic rings. The zero-order chi connectivity index (χ0) is 12.7. The zero-order valence-electron chi connectivity index (χ0n) is 9.23. The maximum atomic E-state index is 11.2. The average Bonchev–Trinajstić information content (AvgIpc) is 2.35. The van der Waals surface area contributed by atoms with Crippen molar-refractivity contribution in [1.82, 2.24) is 5.32 Å². The molecule has 6 heteroatoms. The summed E-state index contributed by atoms with van der Waals surface area (Å²) in [6.07, 6.45) is 0. The SMILES string of the molecule is CNC(=O)COC(=O)COc1ccc(I)cc1. The standard InChI is InChI=1S/C11H12INO4/c1-13-10(14)6-17-11(15)7-16-9-4-2-8(12)3-5-9/h2-5H,6-7H2,1H3,(H,13,14). The fourth-order valence-electron chi connectivity index (χ4n) is 0.933. The van der Waals surface area contributed by atoms with Crippen LogP contribution < -0.4 is 10.1 Å². The number of hydrogen-bond donors (Lipinski definition) is 1. The number of hydrogen-bond acceptors (Lipinski definition) is 4. The van der Waals surface area contributed by atoms with Crippen molar-refractivity contribution in [1.29, 1.82) is 0 Å². The Morgan fingerprint density at radius 3 is 2.47 bits per heavy atom. The third-order valence-corrected chi connectivity index (χ3v) is 2.53. The molecule has 0 aliphatic heterocycles. The number of nitrogens with one attached hydrogen (secondary N) is 1. The summed E-state index contributed by atoms with van der Waals surface area (Å²) in [5, 5.41) is 2.34. The fourth-order valence-corrected chi connectivity index (χ4v) is 1.29. The number of carbonyl (C=O) groups excluding carboxylic acids is 2. The first kappa shape index (κ1) is 13.8. The molecule has 1 N–H and O–H groups in total. The van der Waals surface area contributed by atoms with E-state index in [1.807, 2.05) is 12.1 Å². The van der Waals surface area contributed by atoms with Gasteiger partial charge in [0.2, 0.25) is 0 Å². The minimum atomic E-state index is -0.577. The molecule has 1 amide bonds. The van der Waals surface area contributed by atoms with Crippen LogP contribution in [0.2, 0.25) is 0 Å². The van der Waals surface area contributed by atoms with Crippen LogP contribution in [-0.2, 0) is 14.3 Å². The molecule has 0 heterocycles. The Morgan fingerprint density at radius 2 is 1.88 bits per heavy atom. The summed E-state index contributed by atoms with van der Waals surface area (Å²) < 4.78 is 10.9. The Labute approximate surface area is 113 Å². The van der Waals surface area contributed by atoms with Gasteiger partial charge in [0, 0.05) is 10.6 Å². The number of benzene rings is 1. The van der Waals surface area contributed by atoms with E-state index in [1.165, 1.54) is 7.05 Å². The van der Waals surface area contributed by atoms with Crippen molar-refractivity contribution in [2.45, 2.75) is 0 Å². The van der Waals surface area contributed by atoms with Crippen LogP contribution in [0.1, 0.15) is 0 Å². The number of halogens is 1. The van der Waals surface area contributed by atoms with Gasteiger partial charge in [0.25, 0.3) is 5.91 Å². The van der Waals surface area contributed by atoms with Crippen LogP contribution in [-0.4, -0.2) is 32.1 Å². The highest BCUT2D eigenvalue weighted by Gasteiger charge is 2.06. The minimum absolute atomic E-state index is 0.211. The van der Waals surface area contributed by atoms with Crippen molar-refractivity contribution in [3.63, 3.8) is 0 Å². The number of likely N-dealkylation sites (N-methyl/N-ethyl adjacent to an activating group) is 1. The molecule has 0 saturated heterocycles. The monoisotopic (exact) mass is 349 g/mol. The Balaban J connectivity index is 2.28. The van der Waals surface area contributed by atoms with Crippen molar-refractivity contribution in [2.24, 2.45) is 0 Å². The molecule has 1 aromatic carbocycles. The second-order valence-corrected chi connectivity index (χ2v) is 4.32. The van der Waals surface area contributed by atoms with Gasteiger partial charge in [-0.15, -0.1) is 0 Å². The Hall–Kier alpha value is -1.31. The van der Waals surface area contributed by atoms with Gasteiger partial charge >= 0.3 is 5.97 Å². The fraction of sp³-hybridized carbons (Fsp3) is 0.273. The molecule has 0 radical (unpaired) electrons. The van der Waals surface area contributed by atoms with Crippen LogP contribution in [0.3, 0.4) is 0 Å². The summed E-state index contributed by atoms with van der Waals surface area (Å²) in [6.45, 7) is -0.497. The Morgan fingerprint density at radius 1 is 1.24 bits per heavy atom. The molecule has 0 unspecified atom stereocenters. The first-order valence-electron chi connectivity index (χ1n) is 4.86. The summed E-state index contributed by atoms with van der Waals surface area (Å²) >= 11 is 2.17. The molecule has 0 spiro atoms. The van der Waals surface area contributed by atoms with E-state index in [0.29, 0.717) is 5.75 Å². The van der Waals surface area contributed by atoms with Gasteiger partial charge in [-0.1, -0.05) is 0 Å². The highest BCUT2D eigenvalue weighted by molar-refractivity contribution is 14.1. The van der Waals surface area contributed by atoms with Crippen LogP contribution in [0.4, 0.5) is 0 Å².